The van der Waals surface area contributed by atoms with Gasteiger partial charge in [0.1, 0.15) is 12.6 Å². The highest BCUT2D eigenvalue weighted by Gasteiger charge is 2.20. The Kier molecular flexibility index (Phi) is 3.99. The number of nitrogens with zero attached hydrogens (tertiary/aromatic N) is 2. The number of pyridine rings is 2. The van der Waals surface area contributed by atoms with E-state index in [9.17, 15) is 0 Å². The standard InChI is InChI=1S/C26H23N2O/c1-16-8-5-6-9-19(16)23-10-7-11-24(28(23)4)21-15-22-20-13-12-18(3)27-26(20)29-25(22)14-17(21)2/h5-15H,1-4H3/q+1. The van der Waals surface area contributed by atoms with E-state index >= 15 is 0 Å². The van der Waals surface area contributed by atoms with Crippen molar-refractivity contribution < 1.29 is 8.98 Å². The molecular weight excluding hydrogens is 356 g/mol. The molecule has 0 aliphatic rings. The maximum absolute atomic E-state index is 6.03. The van der Waals surface area contributed by atoms with E-state index < -0.39 is 0 Å². The van der Waals surface area contributed by atoms with Gasteiger partial charge in [0.15, 0.2) is 0 Å². The van der Waals surface area contributed by atoms with Crippen molar-refractivity contribution >= 4 is 22.1 Å². The Bertz CT molecular complexity index is 1400. The molecule has 2 aromatic carbocycles. The van der Waals surface area contributed by atoms with Crippen LogP contribution in [0.2, 0.25) is 0 Å². The summed E-state index contributed by atoms with van der Waals surface area (Å²) < 4.78 is 8.30. The summed E-state index contributed by atoms with van der Waals surface area (Å²) in [6.45, 7) is 6.29. The zero-order chi connectivity index (χ0) is 20.1. The molecule has 5 aromatic rings. The molecule has 29 heavy (non-hydrogen) atoms. The van der Waals surface area contributed by atoms with Gasteiger partial charge in [-0.25, -0.2) is 4.98 Å². The van der Waals surface area contributed by atoms with Crippen LogP contribution in [0, 0.1) is 20.8 Å². The van der Waals surface area contributed by atoms with Crippen LogP contribution in [0.25, 0.3) is 44.6 Å². The van der Waals surface area contributed by atoms with Gasteiger partial charge < -0.3 is 4.42 Å². The molecule has 5 rings (SSSR count). The summed E-state index contributed by atoms with van der Waals surface area (Å²) >= 11 is 0. The van der Waals surface area contributed by atoms with Gasteiger partial charge in [-0.2, -0.15) is 4.57 Å². The summed E-state index contributed by atoms with van der Waals surface area (Å²) in [5.41, 5.74) is 9.86. The van der Waals surface area contributed by atoms with Crippen LogP contribution in [0.5, 0.6) is 0 Å². The van der Waals surface area contributed by atoms with Crippen molar-refractivity contribution in [1.29, 1.82) is 0 Å². The fraction of sp³-hybridized carbons (Fsp3) is 0.154. The predicted molar refractivity (Wildman–Crippen MR) is 118 cm³/mol. The van der Waals surface area contributed by atoms with Gasteiger partial charge in [-0.3, -0.25) is 0 Å². The first-order chi connectivity index (χ1) is 14.0. The van der Waals surface area contributed by atoms with E-state index in [0.29, 0.717) is 5.71 Å². The summed E-state index contributed by atoms with van der Waals surface area (Å²) in [7, 11) is 2.14. The lowest BCUT2D eigenvalue weighted by Crippen LogP contribution is -2.34. The predicted octanol–water partition coefficient (Wildman–Crippen LogP) is 6.06. The number of rotatable bonds is 2. The van der Waals surface area contributed by atoms with Crippen molar-refractivity contribution in [3.8, 4) is 22.5 Å². The van der Waals surface area contributed by atoms with Crippen LogP contribution >= 0.6 is 0 Å². The Hall–Kier alpha value is -3.46. The highest BCUT2D eigenvalue weighted by atomic mass is 16.3. The zero-order valence-electron chi connectivity index (χ0n) is 17.2. The summed E-state index contributed by atoms with van der Waals surface area (Å²) in [5, 5.41) is 2.17. The first-order valence-electron chi connectivity index (χ1n) is 9.89. The molecule has 0 fully saturated rings. The normalized spacial score (nSPS) is 11.4. The molecule has 0 bridgehead atoms. The average Bonchev–Trinajstić information content (AvgIpc) is 3.04. The first kappa shape index (κ1) is 17.6. The van der Waals surface area contributed by atoms with Crippen LogP contribution < -0.4 is 4.57 Å². The smallest absolute Gasteiger partial charge is 0.227 e. The molecule has 0 saturated carbocycles. The highest BCUT2D eigenvalue weighted by molar-refractivity contribution is 6.05. The second-order valence-corrected chi connectivity index (χ2v) is 7.74. The maximum Gasteiger partial charge on any atom is 0.227 e. The molecule has 0 amide bonds. The van der Waals surface area contributed by atoms with E-state index in [2.05, 4.69) is 91.1 Å². The fourth-order valence-corrected chi connectivity index (χ4v) is 4.16. The maximum atomic E-state index is 6.03. The number of benzene rings is 2. The second-order valence-electron chi connectivity index (χ2n) is 7.74. The molecule has 0 spiro atoms. The van der Waals surface area contributed by atoms with Crippen LogP contribution in [0.1, 0.15) is 16.8 Å². The molecule has 0 aliphatic carbocycles. The van der Waals surface area contributed by atoms with Gasteiger partial charge in [0.25, 0.3) is 0 Å². The summed E-state index contributed by atoms with van der Waals surface area (Å²) in [6.07, 6.45) is 0. The minimum atomic E-state index is 0.703. The molecule has 3 aromatic heterocycles. The van der Waals surface area contributed by atoms with Gasteiger partial charge in [0.2, 0.25) is 17.1 Å². The Labute approximate surface area is 170 Å². The molecule has 142 valence electrons. The van der Waals surface area contributed by atoms with Crippen LogP contribution in [0.15, 0.2) is 71.1 Å². The summed E-state index contributed by atoms with van der Waals surface area (Å²) in [5.74, 6) is 0. The van der Waals surface area contributed by atoms with E-state index in [1.54, 1.807) is 0 Å². The molecule has 3 nitrogen and oxygen atoms in total. The Morgan fingerprint density at radius 3 is 2.28 bits per heavy atom. The number of aryl methyl sites for hydroxylation is 3. The molecule has 0 radical (unpaired) electrons. The molecule has 3 heteroatoms. The van der Waals surface area contributed by atoms with Crippen molar-refractivity contribution in [2.45, 2.75) is 20.8 Å². The van der Waals surface area contributed by atoms with Crippen molar-refractivity contribution in [2.75, 3.05) is 0 Å². The SMILES string of the molecule is Cc1ccc2c(n1)oc1cc(C)c(-c3cccc(-c4ccccc4C)[n+]3C)cc12. The van der Waals surface area contributed by atoms with Crippen molar-refractivity contribution in [3.05, 3.63) is 83.6 Å². The second kappa shape index (κ2) is 6.56. The summed E-state index contributed by atoms with van der Waals surface area (Å²) in [6, 6.07) is 23.5. The lowest BCUT2D eigenvalue weighted by atomic mass is 9.99. The Morgan fingerprint density at radius 2 is 1.48 bits per heavy atom. The molecule has 0 aliphatic heterocycles. The monoisotopic (exact) mass is 379 g/mol. The van der Waals surface area contributed by atoms with Gasteiger partial charge in [-0.05, 0) is 68.3 Å². The van der Waals surface area contributed by atoms with Crippen LogP contribution in [-0.4, -0.2) is 4.98 Å². The minimum Gasteiger partial charge on any atom is -0.438 e. The molecule has 0 atom stereocenters. The Balaban J connectivity index is 1.76. The van der Waals surface area contributed by atoms with E-state index in [1.807, 2.05) is 13.0 Å². The van der Waals surface area contributed by atoms with E-state index in [4.69, 9.17) is 4.42 Å². The minimum absolute atomic E-state index is 0.703. The highest BCUT2D eigenvalue weighted by Crippen LogP contribution is 2.34. The lowest BCUT2D eigenvalue weighted by molar-refractivity contribution is -0.649. The number of hydrogen-bond donors (Lipinski definition) is 0. The number of hydrogen-bond acceptors (Lipinski definition) is 2. The van der Waals surface area contributed by atoms with Crippen molar-refractivity contribution in [1.82, 2.24) is 4.98 Å². The number of furan rings is 1. The largest absolute Gasteiger partial charge is 0.438 e. The first-order valence-corrected chi connectivity index (χ1v) is 9.89. The van der Waals surface area contributed by atoms with Crippen LogP contribution in [-0.2, 0) is 7.05 Å². The quantitative estimate of drug-likeness (QED) is 0.349. The van der Waals surface area contributed by atoms with E-state index in [0.717, 1.165) is 22.0 Å². The van der Waals surface area contributed by atoms with E-state index in [-0.39, 0.29) is 0 Å². The lowest BCUT2D eigenvalue weighted by Gasteiger charge is -2.09. The van der Waals surface area contributed by atoms with Gasteiger partial charge in [0, 0.05) is 39.7 Å². The molecule has 0 unspecified atom stereocenters. The van der Waals surface area contributed by atoms with Gasteiger partial charge >= 0.3 is 0 Å². The third kappa shape index (κ3) is 2.82. The summed E-state index contributed by atoms with van der Waals surface area (Å²) in [4.78, 5) is 4.55. The third-order valence-corrected chi connectivity index (χ3v) is 5.75. The third-order valence-electron chi connectivity index (χ3n) is 5.75. The molecule has 0 saturated heterocycles. The molecule has 0 N–H and O–H groups in total. The van der Waals surface area contributed by atoms with Gasteiger partial charge in [0.05, 0.1) is 0 Å². The van der Waals surface area contributed by atoms with Gasteiger partial charge in [-0.1, -0.05) is 18.2 Å². The van der Waals surface area contributed by atoms with Crippen LogP contribution in [0.3, 0.4) is 0 Å². The van der Waals surface area contributed by atoms with Crippen LogP contribution in [0.4, 0.5) is 0 Å². The van der Waals surface area contributed by atoms with E-state index in [1.165, 1.54) is 33.6 Å². The molecular formula is C26H23N2O+. The topological polar surface area (TPSA) is 29.9 Å². The fourth-order valence-electron chi connectivity index (χ4n) is 4.16. The average molecular weight is 379 g/mol. The molecule has 3 heterocycles. The number of aromatic nitrogens is 2. The zero-order valence-corrected chi connectivity index (χ0v) is 17.2. The number of fused-ring (bicyclic) bond motifs is 3. The van der Waals surface area contributed by atoms with Gasteiger partial charge in [-0.15, -0.1) is 0 Å². The van der Waals surface area contributed by atoms with Crippen molar-refractivity contribution in [3.63, 3.8) is 0 Å². The Morgan fingerprint density at radius 1 is 0.724 bits per heavy atom. The van der Waals surface area contributed by atoms with Crippen molar-refractivity contribution in [2.24, 2.45) is 7.05 Å².